The number of rotatable bonds is 3. The van der Waals surface area contributed by atoms with Gasteiger partial charge in [-0.25, -0.2) is 0 Å². The Kier molecular flexibility index (Phi) is 7.28. The Morgan fingerprint density at radius 1 is 1.25 bits per heavy atom. The lowest BCUT2D eigenvalue weighted by Gasteiger charge is -2.17. The molecule has 0 aliphatic carbocycles. The second-order valence-corrected chi connectivity index (χ2v) is 4.03. The van der Waals surface area contributed by atoms with Gasteiger partial charge in [-0.15, -0.1) is 0 Å². The lowest BCUT2D eigenvalue weighted by atomic mass is 9.98. The van der Waals surface area contributed by atoms with Gasteiger partial charge in [0.15, 0.2) is 0 Å². The zero-order valence-electron chi connectivity index (χ0n) is 12.0. The third-order valence-corrected chi connectivity index (χ3v) is 2.59. The fraction of sp³-hybridized carbons (Fsp3) is 0.500. The molecule has 0 aliphatic rings. The van der Waals surface area contributed by atoms with Crippen molar-refractivity contribution in [3.8, 4) is 0 Å². The molecule has 0 bridgehead atoms. The van der Waals surface area contributed by atoms with E-state index in [1.165, 1.54) is 0 Å². The lowest BCUT2D eigenvalue weighted by Crippen LogP contribution is -2.39. The van der Waals surface area contributed by atoms with Crippen LogP contribution in [0.1, 0.15) is 36.6 Å². The van der Waals surface area contributed by atoms with Crippen molar-refractivity contribution in [2.75, 3.05) is 6.54 Å². The molecule has 1 amide bonds. The van der Waals surface area contributed by atoms with Crippen LogP contribution in [-0.2, 0) is 4.79 Å². The minimum absolute atomic E-state index is 0.468. The number of amides is 1. The number of aryl methyl sites for hydroxylation is 2. The number of aliphatic hydroxyl groups excluding tert-OH is 1. The average molecular weight is 291 g/mol. The summed E-state index contributed by atoms with van der Waals surface area (Å²) in [5.41, 5.74) is 2.08. The largest absolute Gasteiger partial charge is 0.471 e. The van der Waals surface area contributed by atoms with Crippen LogP contribution in [0.15, 0.2) is 18.2 Å². The van der Waals surface area contributed by atoms with Crippen molar-refractivity contribution >= 4 is 5.91 Å². The number of aliphatic hydroxyl groups is 1. The van der Waals surface area contributed by atoms with Crippen molar-refractivity contribution in [1.29, 1.82) is 0 Å². The number of carbonyl (C=O) groups is 1. The maximum Gasteiger partial charge on any atom is 0.471 e. The molecule has 0 radical (unpaired) electrons. The second-order valence-electron chi connectivity index (χ2n) is 4.03. The molecule has 0 aliphatic heterocycles. The highest BCUT2D eigenvalue weighted by molar-refractivity contribution is 5.81. The van der Waals surface area contributed by atoms with Crippen LogP contribution in [0.5, 0.6) is 0 Å². The highest BCUT2D eigenvalue weighted by atomic mass is 19.4. The van der Waals surface area contributed by atoms with Gasteiger partial charge in [-0.05, 0) is 30.5 Å². The van der Waals surface area contributed by atoms with Gasteiger partial charge < -0.3 is 10.4 Å². The highest BCUT2D eigenvalue weighted by Crippen LogP contribution is 2.21. The van der Waals surface area contributed by atoms with Gasteiger partial charge in [0, 0.05) is 6.54 Å². The van der Waals surface area contributed by atoms with E-state index < -0.39 is 24.7 Å². The van der Waals surface area contributed by atoms with E-state index in [1.807, 2.05) is 13.8 Å². The van der Waals surface area contributed by atoms with Gasteiger partial charge in [0.2, 0.25) is 0 Å². The predicted molar refractivity (Wildman–Crippen MR) is 71.3 cm³/mol. The third-order valence-electron chi connectivity index (χ3n) is 2.59. The Balaban J connectivity index is 0.00000172. The van der Waals surface area contributed by atoms with Crippen molar-refractivity contribution in [3.63, 3.8) is 0 Å². The van der Waals surface area contributed by atoms with E-state index in [1.54, 1.807) is 37.4 Å². The standard InChI is InChI=1S/C12H14F3NO2.C2H6/c1-7-4-3-5-8(2)10(7)9(17)6-16-11(18)12(13,14)15;1-2/h3-5,9,17H,6H2,1-2H3,(H,16,18);1-2H3. The molecular weight excluding hydrogens is 271 g/mol. The first-order valence-corrected chi connectivity index (χ1v) is 6.32. The number of benzene rings is 1. The fourth-order valence-electron chi connectivity index (χ4n) is 1.74. The summed E-state index contributed by atoms with van der Waals surface area (Å²) in [5, 5.41) is 11.5. The summed E-state index contributed by atoms with van der Waals surface area (Å²) in [6, 6.07) is 5.28. The number of carbonyl (C=O) groups excluding carboxylic acids is 1. The normalized spacial score (nSPS) is 12.2. The van der Waals surface area contributed by atoms with Crippen LogP contribution in [0.3, 0.4) is 0 Å². The predicted octanol–water partition coefficient (Wildman–Crippen LogP) is 3.04. The van der Waals surface area contributed by atoms with E-state index in [2.05, 4.69) is 0 Å². The lowest BCUT2D eigenvalue weighted by molar-refractivity contribution is -0.174. The minimum atomic E-state index is -4.93. The third kappa shape index (κ3) is 5.21. The smallest absolute Gasteiger partial charge is 0.387 e. The van der Waals surface area contributed by atoms with Crippen molar-refractivity contribution in [3.05, 3.63) is 34.9 Å². The van der Waals surface area contributed by atoms with E-state index in [4.69, 9.17) is 0 Å². The zero-order chi connectivity index (χ0) is 15.9. The van der Waals surface area contributed by atoms with E-state index >= 15 is 0 Å². The molecule has 1 aromatic rings. The number of hydrogen-bond acceptors (Lipinski definition) is 2. The first-order chi connectivity index (χ1) is 9.23. The van der Waals surface area contributed by atoms with Crippen molar-refractivity contribution in [2.45, 2.75) is 40.0 Å². The number of halogens is 3. The Hall–Kier alpha value is -1.56. The Labute approximate surface area is 116 Å². The molecule has 1 atom stereocenters. The molecule has 1 unspecified atom stereocenters. The van der Waals surface area contributed by atoms with E-state index in [0.717, 1.165) is 11.1 Å². The van der Waals surface area contributed by atoms with Crippen LogP contribution in [0.2, 0.25) is 0 Å². The van der Waals surface area contributed by atoms with Crippen LogP contribution in [0.25, 0.3) is 0 Å². The maximum atomic E-state index is 12.0. The highest BCUT2D eigenvalue weighted by Gasteiger charge is 2.38. The van der Waals surface area contributed by atoms with Crippen molar-refractivity contribution in [1.82, 2.24) is 5.32 Å². The molecule has 3 nitrogen and oxygen atoms in total. The fourth-order valence-corrected chi connectivity index (χ4v) is 1.74. The molecule has 2 N–H and O–H groups in total. The zero-order valence-corrected chi connectivity index (χ0v) is 12.0. The number of alkyl halides is 3. The Morgan fingerprint density at radius 3 is 2.10 bits per heavy atom. The van der Waals surface area contributed by atoms with Crippen LogP contribution in [0.4, 0.5) is 13.2 Å². The van der Waals surface area contributed by atoms with Crippen molar-refractivity contribution < 1.29 is 23.1 Å². The number of hydrogen-bond donors (Lipinski definition) is 2. The summed E-state index contributed by atoms with van der Waals surface area (Å²) in [6.07, 6.45) is -6.09. The molecule has 0 aromatic heterocycles. The monoisotopic (exact) mass is 291 g/mol. The van der Waals surface area contributed by atoms with Crippen LogP contribution < -0.4 is 5.32 Å². The Bertz CT molecular complexity index is 424. The molecule has 1 aromatic carbocycles. The number of nitrogens with one attached hydrogen (secondary N) is 1. The van der Waals surface area contributed by atoms with Gasteiger partial charge in [0.25, 0.3) is 0 Å². The molecule has 0 fully saturated rings. The quantitative estimate of drug-likeness (QED) is 0.899. The van der Waals surface area contributed by atoms with E-state index in [-0.39, 0.29) is 0 Å². The van der Waals surface area contributed by atoms with Gasteiger partial charge in [-0.3, -0.25) is 4.79 Å². The first-order valence-electron chi connectivity index (χ1n) is 6.32. The summed E-state index contributed by atoms with van der Waals surface area (Å²) >= 11 is 0. The summed E-state index contributed by atoms with van der Waals surface area (Å²) in [7, 11) is 0. The van der Waals surface area contributed by atoms with Gasteiger partial charge >= 0.3 is 12.1 Å². The molecule has 0 spiro atoms. The molecule has 20 heavy (non-hydrogen) atoms. The first kappa shape index (κ1) is 18.4. The summed E-state index contributed by atoms with van der Waals surface area (Å²) in [6.45, 7) is 7.03. The van der Waals surface area contributed by atoms with Crippen LogP contribution in [-0.4, -0.2) is 23.7 Å². The molecule has 1 rings (SSSR count). The summed E-state index contributed by atoms with van der Waals surface area (Å²) in [4.78, 5) is 10.6. The van der Waals surface area contributed by atoms with E-state index in [0.29, 0.717) is 5.56 Å². The molecule has 114 valence electrons. The molecule has 0 saturated carbocycles. The van der Waals surface area contributed by atoms with Crippen LogP contribution in [0, 0.1) is 13.8 Å². The second kappa shape index (κ2) is 7.89. The molecule has 0 saturated heterocycles. The van der Waals surface area contributed by atoms with Gasteiger partial charge in [-0.1, -0.05) is 32.0 Å². The van der Waals surface area contributed by atoms with Crippen molar-refractivity contribution in [2.24, 2.45) is 0 Å². The minimum Gasteiger partial charge on any atom is -0.387 e. The average Bonchev–Trinajstić information content (AvgIpc) is 2.37. The Morgan fingerprint density at radius 2 is 1.70 bits per heavy atom. The SMILES string of the molecule is CC.Cc1cccc(C)c1C(O)CNC(=O)C(F)(F)F. The summed E-state index contributed by atoms with van der Waals surface area (Å²) < 4.78 is 35.9. The maximum absolute atomic E-state index is 12.0. The molecule has 6 heteroatoms. The van der Waals surface area contributed by atoms with E-state index in [9.17, 15) is 23.1 Å². The van der Waals surface area contributed by atoms with Gasteiger partial charge in [-0.2, -0.15) is 13.2 Å². The topological polar surface area (TPSA) is 49.3 Å². The summed E-state index contributed by atoms with van der Waals surface area (Å²) in [5.74, 6) is -2.05. The van der Waals surface area contributed by atoms with Gasteiger partial charge in [0.1, 0.15) is 0 Å². The molecular formula is C14H20F3NO2. The van der Waals surface area contributed by atoms with Gasteiger partial charge in [0.05, 0.1) is 6.10 Å². The molecule has 0 heterocycles. The van der Waals surface area contributed by atoms with Crippen LogP contribution >= 0.6 is 0 Å².